The van der Waals surface area contributed by atoms with E-state index in [0.29, 0.717) is 0 Å². The molecule has 1 aromatic rings. The predicted octanol–water partition coefficient (Wildman–Crippen LogP) is 2.78. The van der Waals surface area contributed by atoms with Crippen LogP contribution in [0.1, 0.15) is 24.1 Å². The summed E-state index contributed by atoms with van der Waals surface area (Å²) in [5.41, 5.74) is 8.18. The van der Waals surface area contributed by atoms with E-state index in [1.807, 2.05) is 13.0 Å². The van der Waals surface area contributed by atoms with Gasteiger partial charge in [0.05, 0.1) is 0 Å². The van der Waals surface area contributed by atoms with Gasteiger partial charge in [-0.3, -0.25) is 0 Å². The molecule has 0 amide bonds. The van der Waals surface area contributed by atoms with E-state index >= 15 is 0 Å². The zero-order chi connectivity index (χ0) is 8.43. The Morgan fingerprint density at radius 2 is 2.09 bits per heavy atom. The maximum absolute atomic E-state index is 5.75. The fraction of sp³-hybridized carbons (Fsp3) is 0.333. The van der Waals surface area contributed by atoms with Gasteiger partial charge in [0.25, 0.3) is 0 Å². The number of aryl methyl sites for hydroxylation is 1. The van der Waals surface area contributed by atoms with E-state index in [1.165, 1.54) is 11.1 Å². The summed E-state index contributed by atoms with van der Waals surface area (Å²) in [6.07, 6.45) is 0. The lowest BCUT2D eigenvalue weighted by molar-refractivity contribution is 0.812. The van der Waals surface area contributed by atoms with Crippen LogP contribution in [0.4, 0.5) is 0 Å². The van der Waals surface area contributed by atoms with Crippen molar-refractivity contribution in [1.29, 1.82) is 0 Å². The lowest BCUT2D eigenvalue weighted by Gasteiger charge is -2.08. The zero-order valence-corrected chi connectivity index (χ0v) is 8.35. The topological polar surface area (TPSA) is 26.0 Å². The van der Waals surface area contributed by atoms with Crippen molar-refractivity contribution in [2.24, 2.45) is 5.73 Å². The molecule has 0 aromatic heterocycles. The second kappa shape index (κ2) is 3.37. The number of halogens is 1. The van der Waals surface area contributed by atoms with Crippen molar-refractivity contribution in [1.82, 2.24) is 0 Å². The molecule has 0 spiro atoms. The van der Waals surface area contributed by atoms with Gasteiger partial charge in [0.1, 0.15) is 0 Å². The average Bonchev–Trinajstić information content (AvgIpc) is 1.94. The smallest absolute Gasteiger partial charge is 0.0277 e. The van der Waals surface area contributed by atoms with Crippen molar-refractivity contribution >= 4 is 15.9 Å². The Morgan fingerprint density at radius 1 is 1.45 bits per heavy atom. The SMILES string of the molecule is Cc1ccc(Br)c(C(C)N)c1. The minimum absolute atomic E-state index is 0.101. The van der Waals surface area contributed by atoms with Gasteiger partial charge in [-0.1, -0.05) is 33.6 Å². The van der Waals surface area contributed by atoms with Crippen LogP contribution in [-0.4, -0.2) is 0 Å². The molecule has 0 aliphatic heterocycles. The first kappa shape index (κ1) is 8.75. The van der Waals surface area contributed by atoms with Gasteiger partial charge in [-0.25, -0.2) is 0 Å². The Hall–Kier alpha value is -0.340. The largest absolute Gasteiger partial charge is 0.324 e. The highest BCUT2D eigenvalue weighted by atomic mass is 79.9. The highest BCUT2D eigenvalue weighted by molar-refractivity contribution is 9.10. The van der Waals surface area contributed by atoms with Gasteiger partial charge in [-0.2, -0.15) is 0 Å². The van der Waals surface area contributed by atoms with Crippen molar-refractivity contribution in [3.05, 3.63) is 33.8 Å². The summed E-state index contributed by atoms with van der Waals surface area (Å²) in [7, 11) is 0. The molecule has 0 heterocycles. The summed E-state index contributed by atoms with van der Waals surface area (Å²) in [5, 5.41) is 0. The van der Waals surface area contributed by atoms with Crippen molar-refractivity contribution in [2.75, 3.05) is 0 Å². The van der Waals surface area contributed by atoms with E-state index in [2.05, 4.69) is 35.0 Å². The second-order valence-electron chi connectivity index (χ2n) is 2.81. The molecule has 60 valence electrons. The molecule has 2 N–H and O–H groups in total. The lowest BCUT2D eigenvalue weighted by atomic mass is 10.1. The normalized spacial score (nSPS) is 13.1. The summed E-state index contributed by atoms with van der Waals surface area (Å²) >= 11 is 3.45. The Kier molecular flexibility index (Phi) is 2.68. The third kappa shape index (κ3) is 2.04. The van der Waals surface area contributed by atoms with Gasteiger partial charge in [0, 0.05) is 10.5 Å². The molecule has 0 bridgehead atoms. The van der Waals surface area contributed by atoms with E-state index in [1.54, 1.807) is 0 Å². The molecule has 0 aliphatic carbocycles. The van der Waals surface area contributed by atoms with Gasteiger partial charge >= 0.3 is 0 Å². The molecule has 1 rings (SSSR count). The second-order valence-corrected chi connectivity index (χ2v) is 3.67. The molecule has 0 fully saturated rings. The molecular weight excluding hydrogens is 202 g/mol. The Labute approximate surface area is 75.7 Å². The molecular formula is C9H12BrN. The highest BCUT2D eigenvalue weighted by Crippen LogP contribution is 2.22. The fourth-order valence-corrected chi connectivity index (χ4v) is 1.62. The van der Waals surface area contributed by atoms with Crippen LogP contribution < -0.4 is 5.73 Å². The molecule has 1 unspecified atom stereocenters. The minimum Gasteiger partial charge on any atom is -0.324 e. The molecule has 2 heteroatoms. The van der Waals surface area contributed by atoms with E-state index in [0.717, 1.165) is 4.47 Å². The number of rotatable bonds is 1. The van der Waals surface area contributed by atoms with Crippen LogP contribution in [0.15, 0.2) is 22.7 Å². The van der Waals surface area contributed by atoms with E-state index in [4.69, 9.17) is 5.73 Å². The van der Waals surface area contributed by atoms with Crippen LogP contribution in [0.3, 0.4) is 0 Å². The van der Waals surface area contributed by atoms with Gasteiger partial charge in [-0.05, 0) is 25.5 Å². The Morgan fingerprint density at radius 3 is 2.55 bits per heavy atom. The maximum atomic E-state index is 5.75. The van der Waals surface area contributed by atoms with Gasteiger partial charge in [0.2, 0.25) is 0 Å². The van der Waals surface area contributed by atoms with Gasteiger partial charge < -0.3 is 5.73 Å². The zero-order valence-electron chi connectivity index (χ0n) is 6.76. The quantitative estimate of drug-likeness (QED) is 0.764. The monoisotopic (exact) mass is 213 g/mol. The van der Waals surface area contributed by atoms with Crippen molar-refractivity contribution in [2.45, 2.75) is 19.9 Å². The summed E-state index contributed by atoms with van der Waals surface area (Å²) in [6, 6.07) is 6.31. The van der Waals surface area contributed by atoms with Crippen LogP contribution in [0.25, 0.3) is 0 Å². The van der Waals surface area contributed by atoms with E-state index in [-0.39, 0.29) is 6.04 Å². The van der Waals surface area contributed by atoms with Crippen molar-refractivity contribution < 1.29 is 0 Å². The molecule has 0 aliphatic rings. The standard InChI is InChI=1S/C9H12BrN/c1-6-3-4-9(10)8(5-6)7(2)11/h3-5,7H,11H2,1-2H3. The van der Waals surface area contributed by atoms with Crippen LogP contribution in [0.5, 0.6) is 0 Å². The molecule has 0 saturated heterocycles. The van der Waals surface area contributed by atoms with Crippen LogP contribution in [0.2, 0.25) is 0 Å². The molecule has 1 nitrogen and oxygen atoms in total. The number of hydrogen-bond acceptors (Lipinski definition) is 1. The van der Waals surface area contributed by atoms with Crippen LogP contribution >= 0.6 is 15.9 Å². The molecule has 1 aromatic carbocycles. The number of benzene rings is 1. The summed E-state index contributed by atoms with van der Waals surface area (Å²) in [5.74, 6) is 0. The average molecular weight is 214 g/mol. The first-order chi connectivity index (χ1) is 5.11. The summed E-state index contributed by atoms with van der Waals surface area (Å²) in [6.45, 7) is 4.05. The van der Waals surface area contributed by atoms with Crippen LogP contribution in [-0.2, 0) is 0 Å². The first-order valence-corrected chi connectivity index (χ1v) is 4.42. The third-order valence-corrected chi connectivity index (χ3v) is 2.36. The highest BCUT2D eigenvalue weighted by Gasteiger charge is 2.03. The van der Waals surface area contributed by atoms with Gasteiger partial charge in [-0.15, -0.1) is 0 Å². The van der Waals surface area contributed by atoms with Crippen molar-refractivity contribution in [3.8, 4) is 0 Å². The van der Waals surface area contributed by atoms with E-state index < -0.39 is 0 Å². The molecule has 11 heavy (non-hydrogen) atoms. The molecule has 0 radical (unpaired) electrons. The number of hydrogen-bond donors (Lipinski definition) is 1. The van der Waals surface area contributed by atoms with Gasteiger partial charge in [0.15, 0.2) is 0 Å². The fourth-order valence-electron chi connectivity index (χ4n) is 1.01. The Balaban J connectivity index is 3.13. The lowest BCUT2D eigenvalue weighted by Crippen LogP contribution is -2.05. The predicted molar refractivity (Wildman–Crippen MR) is 51.5 cm³/mol. The number of nitrogens with two attached hydrogens (primary N) is 1. The van der Waals surface area contributed by atoms with Crippen molar-refractivity contribution in [3.63, 3.8) is 0 Å². The Bertz CT molecular complexity index is 256. The van der Waals surface area contributed by atoms with Crippen LogP contribution in [0, 0.1) is 6.92 Å². The first-order valence-electron chi connectivity index (χ1n) is 3.63. The summed E-state index contributed by atoms with van der Waals surface area (Å²) < 4.78 is 1.10. The maximum Gasteiger partial charge on any atom is 0.0277 e. The van der Waals surface area contributed by atoms with E-state index in [9.17, 15) is 0 Å². The molecule has 1 atom stereocenters. The minimum atomic E-state index is 0.101. The molecule has 0 saturated carbocycles. The summed E-state index contributed by atoms with van der Waals surface area (Å²) in [4.78, 5) is 0. The third-order valence-electron chi connectivity index (χ3n) is 1.64.